The second-order valence-electron chi connectivity index (χ2n) is 3.33. The maximum atomic E-state index is 11.7. The molecule has 2 amide bonds. The minimum absolute atomic E-state index is 0.187. The van der Waals surface area contributed by atoms with Crippen LogP contribution in [-0.2, 0) is 9.59 Å². The zero-order valence-electron chi connectivity index (χ0n) is 8.83. The van der Waals surface area contributed by atoms with Crippen molar-refractivity contribution in [3.8, 4) is 0 Å². The van der Waals surface area contributed by atoms with Crippen molar-refractivity contribution in [1.29, 1.82) is 0 Å². The Morgan fingerprint density at radius 1 is 1.60 bits per heavy atom. The van der Waals surface area contributed by atoms with E-state index in [4.69, 9.17) is 5.73 Å². The Labute approximate surface area is 88.4 Å². The highest BCUT2D eigenvalue weighted by Gasteiger charge is 2.35. The van der Waals surface area contributed by atoms with E-state index in [1.165, 1.54) is 0 Å². The first-order chi connectivity index (χ1) is 7.05. The fourth-order valence-electron chi connectivity index (χ4n) is 1.50. The molecule has 1 atom stereocenters. The summed E-state index contributed by atoms with van der Waals surface area (Å²) in [5, 5.41) is 5.41. The summed E-state index contributed by atoms with van der Waals surface area (Å²) < 4.78 is 0. The summed E-state index contributed by atoms with van der Waals surface area (Å²) >= 11 is 0. The van der Waals surface area contributed by atoms with Gasteiger partial charge in [-0.15, -0.1) is 0 Å². The maximum Gasteiger partial charge on any atom is 0.264 e. The highest BCUT2D eigenvalue weighted by Crippen LogP contribution is 2.18. The van der Waals surface area contributed by atoms with Crippen molar-refractivity contribution >= 4 is 11.8 Å². The molecule has 0 radical (unpaired) electrons. The number of primary amides is 1. The quantitative estimate of drug-likeness (QED) is 0.581. The van der Waals surface area contributed by atoms with E-state index < -0.39 is 11.4 Å². The van der Waals surface area contributed by atoms with Crippen molar-refractivity contribution in [2.75, 3.05) is 7.05 Å². The van der Waals surface area contributed by atoms with Gasteiger partial charge in [0.05, 0.1) is 0 Å². The molecule has 82 valence electrons. The number of amides is 2. The Hall–Kier alpha value is -1.78. The second kappa shape index (κ2) is 4.16. The number of carbonyl (C=O) groups is 2. The standard InChI is InChI=1S/C10H15N3O2/c1-3-10(9(15)12-2)6-4-5-7(13-10)8(11)14/h4-6,13H,3H2,1-2H3,(H2,11,14)(H,12,15). The third kappa shape index (κ3) is 2.01. The van der Waals surface area contributed by atoms with Crippen LogP contribution in [0.4, 0.5) is 0 Å². The molecule has 0 aromatic carbocycles. The summed E-state index contributed by atoms with van der Waals surface area (Å²) in [5.74, 6) is -0.755. The molecule has 1 aliphatic rings. The van der Waals surface area contributed by atoms with Gasteiger partial charge in [-0.2, -0.15) is 0 Å². The van der Waals surface area contributed by atoms with Crippen LogP contribution in [0.15, 0.2) is 23.9 Å². The first-order valence-electron chi connectivity index (χ1n) is 4.75. The van der Waals surface area contributed by atoms with E-state index in [2.05, 4.69) is 10.6 Å². The lowest BCUT2D eigenvalue weighted by Gasteiger charge is -2.32. The summed E-state index contributed by atoms with van der Waals surface area (Å²) in [5.41, 5.74) is 4.53. The number of nitrogens with one attached hydrogen (secondary N) is 2. The molecule has 0 fully saturated rings. The average Bonchev–Trinajstić information content (AvgIpc) is 2.27. The van der Waals surface area contributed by atoms with Crippen molar-refractivity contribution in [1.82, 2.24) is 10.6 Å². The molecule has 1 rings (SSSR count). The first kappa shape index (κ1) is 11.3. The van der Waals surface area contributed by atoms with Crippen LogP contribution < -0.4 is 16.4 Å². The minimum atomic E-state index is -0.867. The Kier molecular flexibility index (Phi) is 3.14. The van der Waals surface area contributed by atoms with Gasteiger partial charge in [0.15, 0.2) is 0 Å². The molecular formula is C10H15N3O2. The zero-order valence-corrected chi connectivity index (χ0v) is 8.83. The minimum Gasteiger partial charge on any atom is -0.364 e. The Bertz CT molecular complexity index is 347. The van der Waals surface area contributed by atoms with Crippen LogP contribution in [0.5, 0.6) is 0 Å². The molecule has 0 saturated carbocycles. The molecule has 0 aromatic rings. The number of hydrogen-bond acceptors (Lipinski definition) is 3. The maximum absolute atomic E-state index is 11.7. The molecule has 1 heterocycles. The SMILES string of the molecule is CCC1(C(=O)NC)C=CC=C(C(N)=O)N1. The lowest BCUT2D eigenvalue weighted by atomic mass is 9.91. The van der Waals surface area contributed by atoms with Gasteiger partial charge in [0.25, 0.3) is 5.91 Å². The van der Waals surface area contributed by atoms with Crippen molar-refractivity contribution in [3.05, 3.63) is 23.9 Å². The van der Waals surface area contributed by atoms with Crippen molar-refractivity contribution in [3.63, 3.8) is 0 Å². The second-order valence-corrected chi connectivity index (χ2v) is 3.33. The van der Waals surface area contributed by atoms with E-state index in [9.17, 15) is 9.59 Å². The largest absolute Gasteiger partial charge is 0.364 e. The van der Waals surface area contributed by atoms with E-state index >= 15 is 0 Å². The number of dihydropyridines is 1. The molecule has 0 saturated heterocycles. The van der Waals surface area contributed by atoms with Gasteiger partial charge < -0.3 is 16.4 Å². The Balaban J connectivity index is 2.98. The summed E-state index contributed by atoms with van der Waals surface area (Å²) in [4.78, 5) is 22.7. The fourth-order valence-corrected chi connectivity index (χ4v) is 1.50. The highest BCUT2D eigenvalue weighted by molar-refractivity contribution is 5.96. The summed E-state index contributed by atoms with van der Waals surface area (Å²) in [6.45, 7) is 1.86. The van der Waals surface area contributed by atoms with Crippen LogP contribution in [0.3, 0.4) is 0 Å². The molecule has 0 bridgehead atoms. The third-order valence-corrected chi connectivity index (χ3v) is 2.46. The number of allylic oxidation sites excluding steroid dienone is 2. The summed E-state index contributed by atoms with van der Waals surface area (Å²) in [6.07, 6.45) is 5.47. The molecule has 0 spiro atoms. The highest BCUT2D eigenvalue weighted by atomic mass is 16.2. The van der Waals surface area contributed by atoms with E-state index in [1.54, 1.807) is 25.3 Å². The summed E-state index contributed by atoms with van der Waals surface area (Å²) in [7, 11) is 1.55. The van der Waals surface area contributed by atoms with Gasteiger partial charge in [-0.05, 0) is 18.6 Å². The van der Waals surface area contributed by atoms with Crippen molar-refractivity contribution < 1.29 is 9.59 Å². The van der Waals surface area contributed by atoms with Crippen LogP contribution in [-0.4, -0.2) is 24.4 Å². The van der Waals surface area contributed by atoms with E-state index in [-0.39, 0.29) is 11.6 Å². The first-order valence-corrected chi connectivity index (χ1v) is 4.75. The number of nitrogens with two attached hydrogens (primary N) is 1. The van der Waals surface area contributed by atoms with Crippen LogP contribution in [0.2, 0.25) is 0 Å². The lowest BCUT2D eigenvalue weighted by molar-refractivity contribution is -0.125. The molecule has 15 heavy (non-hydrogen) atoms. The predicted octanol–water partition coefficient (Wildman–Crippen LogP) is -0.590. The fraction of sp³-hybridized carbons (Fsp3) is 0.400. The lowest BCUT2D eigenvalue weighted by Crippen LogP contribution is -2.56. The van der Waals surface area contributed by atoms with E-state index in [0.717, 1.165) is 0 Å². The zero-order chi connectivity index (χ0) is 11.5. The van der Waals surface area contributed by atoms with Crippen LogP contribution >= 0.6 is 0 Å². The molecule has 5 nitrogen and oxygen atoms in total. The van der Waals surface area contributed by atoms with Crippen molar-refractivity contribution in [2.45, 2.75) is 18.9 Å². The van der Waals surface area contributed by atoms with Gasteiger partial charge in [-0.1, -0.05) is 13.0 Å². The summed E-state index contributed by atoms with van der Waals surface area (Å²) in [6, 6.07) is 0. The molecule has 1 aliphatic heterocycles. The Morgan fingerprint density at radius 2 is 2.27 bits per heavy atom. The molecular weight excluding hydrogens is 194 g/mol. The smallest absolute Gasteiger partial charge is 0.264 e. The van der Waals surface area contributed by atoms with Crippen molar-refractivity contribution in [2.24, 2.45) is 5.73 Å². The van der Waals surface area contributed by atoms with Crippen LogP contribution in [0, 0.1) is 0 Å². The number of rotatable bonds is 3. The number of carbonyl (C=O) groups excluding carboxylic acids is 2. The van der Waals surface area contributed by atoms with Gasteiger partial charge in [0.2, 0.25) is 5.91 Å². The number of likely N-dealkylation sites (N-methyl/N-ethyl adjacent to an activating group) is 1. The average molecular weight is 209 g/mol. The topological polar surface area (TPSA) is 84.2 Å². The van der Waals surface area contributed by atoms with Crippen LogP contribution in [0.1, 0.15) is 13.3 Å². The van der Waals surface area contributed by atoms with Gasteiger partial charge >= 0.3 is 0 Å². The predicted molar refractivity (Wildman–Crippen MR) is 56.6 cm³/mol. The monoisotopic (exact) mass is 209 g/mol. The number of hydrogen-bond donors (Lipinski definition) is 3. The molecule has 0 aromatic heterocycles. The van der Waals surface area contributed by atoms with Crippen LogP contribution in [0.25, 0.3) is 0 Å². The molecule has 0 aliphatic carbocycles. The Morgan fingerprint density at radius 3 is 2.73 bits per heavy atom. The molecule has 4 N–H and O–H groups in total. The van der Waals surface area contributed by atoms with Gasteiger partial charge in [0.1, 0.15) is 11.2 Å². The van der Waals surface area contributed by atoms with E-state index in [1.807, 2.05) is 6.92 Å². The van der Waals surface area contributed by atoms with E-state index in [0.29, 0.717) is 6.42 Å². The normalized spacial score (nSPS) is 24.0. The molecule has 1 unspecified atom stereocenters. The van der Waals surface area contributed by atoms with Gasteiger partial charge in [-0.25, -0.2) is 0 Å². The van der Waals surface area contributed by atoms with Gasteiger partial charge in [-0.3, -0.25) is 9.59 Å². The third-order valence-electron chi connectivity index (χ3n) is 2.46. The van der Waals surface area contributed by atoms with Gasteiger partial charge in [0, 0.05) is 7.05 Å². The molecule has 5 heteroatoms.